The standard InChI is InChI=1S/C5H6F3IN2/c1-11-3(2-4(9)10)5(6,7)8/h2,10-11H,1H3/b3-2-,10-4?. The molecular formula is C5H6F3IN2. The summed E-state index contributed by atoms with van der Waals surface area (Å²) in [7, 11) is 1.17. The van der Waals surface area contributed by atoms with Gasteiger partial charge in [0.15, 0.2) is 0 Å². The SMILES string of the molecule is CN/C(=C\C(=N)I)C(F)(F)F. The highest BCUT2D eigenvalue weighted by Gasteiger charge is 2.32. The van der Waals surface area contributed by atoms with Crippen LogP contribution in [0.1, 0.15) is 0 Å². The molecular weight excluding hydrogens is 272 g/mol. The second-order valence-corrected chi connectivity index (χ2v) is 2.82. The topological polar surface area (TPSA) is 35.9 Å². The molecule has 6 heteroatoms. The quantitative estimate of drug-likeness (QED) is 0.588. The van der Waals surface area contributed by atoms with E-state index < -0.39 is 11.9 Å². The van der Waals surface area contributed by atoms with Gasteiger partial charge in [-0.3, -0.25) is 5.41 Å². The van der Waals surface area contributed by atoms with Crippen molar-refractivity contribution in [1.29, 1.82) is 5.41 Å². The molecule has 0 aliphatic carbocycles. The minimum Gasteiger partial charge on any atom is -0.384 e. The highest BCUT2D eigenvalue weighted by atomic mass is 127. The molecule has 0 atom stereocenters. The van der Waals surface area contributed by atoms with Crippen LogP contribution < -0.4 is 5.32 Å². The first-order chi connectivity index (χ1) is 4.88. The minimum absolute atomic E-state index is 0.163. The van der Waals surface area contributed by atoms with Crippen molar-refractivity contribution in [3.8, 4) is 0 Å². The van der Waals surface area contributed by atoms with Gasteiger partial charge in [-0.15, -0.1) is 0 Å². The molecule has 0 rings (SSSR count). The molecule has 0 aromatic heterocycles. The second-order valence-electron chi connectivity index (χ2n) is 1.65. The van der Waals surface area contributed by atoms with E-state index in [0.717, 1.165) is 6.08 Å². The maximum Gasteiger partial charge on any atom is 0.430 e. The zero-order valence-electron chi connectivity index (χ0n) is 5.59. The molecule has 0 heterocycles. The van der Waals surface area contributed by atoms with Crippen LogP contribution in [0.2, 0.25) is 0 Å². The predicted octanol–water partition coefficient (Wildman–Crippen LogP) is 2.06. The summed E-state index contributed by atoms with van der Waals surface area (Å²) in [6, 6.07) is 0. The number of hydrogen-bond donors (Lipinski definition) is 2. The van der Waals surface area contributed by atoms with Crippen molar-refractivity contribution in [2.45, 2.75) is 6.18 Å². The van der Waals surface area contributed by atoms with Crippen molar-refractivity contribution in [3.05, 3.63) is 11.8 Å². The summed E-state index contributed by atoms with van der Waals surface area (Å²) in [6.07, 6.45) is -3.67. The molecule has 11 heavy (non-hydrogen) atoms. The predicted molar refractivity (Wildman–Crippen MR) is 44.9 cm³/mol. The molecule has 2 nitrogen and oxygen atoms in total. The summed E-state index contributed by atoms with van der Waals surface area (Å²) < 4.78 is 35.4. The van der Waals surface area contributed by atoms with Crippen LogP contribution in [-0.2, 0) is 0 Å². The van der Waals surface area contributed by atoms with E-state index in [1.807, 2.05) is 5.32 Å². The maximum absolute atomic E-state index is 11.8. The number of alkyl halides is 3. The van der Waals surface area contributed by atoms with Crippen molar-refractivity contribution in [1.82, 2.24) is 5.32 Å². The van der Waals surface area contributed by atoms with Gasteiger partial charge in [0.1, 0.15) is 5.70 Å². The molecule has 0 fully saturated rings. The lowest BCUT2D eigenvalue weighted by Gasteiger charge is -2.09. The number of nitrogens with one attached hydrogen (secondary N) is 2. The number of allylic oxidation sites excluding steroid dienone is 2. The Morgan fingerprint density at radius 3 is 2.09 bits per heavy atom. The van der Waals surface area contributed by atoms with Crippen molar-refractivity contribution in [3.63, 3.8) is 0 Å². The largest absolute Gasteiger partial charge is 0.430 e. The first kappa shape index (κ1) is 10.7. The lowest BCUT2D eigenvalue weighted by atomic mass is 10.4. The van der Waals surface area contributed by atoms with Crippen molar-refractivity contribution < 1.29 is 13.2 Å². The molecule has 0 aromatic carbocycles. The Labute approximate surface area is 75.5 Å². The van der Waals surface area contributed by atoms with Gasteiger partial charge in [0.25, 0.3) is 0 Å². The van der Waals surface area contributed by atoms with Crippen LogP contribution in [0, 0.1) is 5.41 Å². The van der Waals surface area contributed by atoms with Crippen LogP contribution in [0.5, 0.6) is 0 Å². The first-order valence-electron chi connectivity index (χ1n) is 2.58. The Morgan fingerprint density at radius 2 is 2.00 bits per heavy atom. The molecule has 64 valence electrons. The number of halogens is 4. The zero-order chi connectivity index (χ0) is 9.07. The molecule has 2 N–H and O–H groups in total. The smallest absolute Gasteiger partial charge is 0.384 e. The van der Waals surface area contributed by atoms with Gasteiger partial charge in [-0.05, 0) is 28.7 Å². The van der Waals surface area contributed by atoms with Gasteiger partial charge in [-0.2, -0.15) is 13.2 Å². The Balaban J connectivity index is 4.54. The van der Waals surface area contributed by atoms with E-state index in [1.54, 1.807) is 0 Å². The van der Waals surface area contributed by atoms with Gasteiger partial charge in [0, 0.05) is 7.05 Å². The van der Waals surface area contributed by atoms with Crippen LogP contribution in [0.25, 0.3) is 0 Å². The maximum atomic E-state index is 11.8. The Bertz CT molecular complexity index is 185. The molecule has 0 saturated carbocycles. The Hall–Kier alpha value is -0.270. The summed E-state index contributed by atoms with van der Waals surface area (Å²) in [5, 5.41) is 8.74. The fraction of sp³-hybridized carbons (Fsp3) is 0.400. The van der Waals surface area contributed by atoms with Crippen LogP contribution in [-0.4, -0.2) is 16.9 Å². The monoisotopic (exact) mass is 278 g/mol. The molecule has 0 bridgehead atoms. The highest BCUT2D eigenvalue weighted by Crippen LogP contribution is 2.23. The van der Waals surface area contributed by atoms with Gasteiger partial charge in [-0.25, -0.2) is 0 Å². The average molecular weight is 278 g/mol. The number of rotatable bonds is 2. The van der Waals surface area contributed by atoms with Crippen LogP contribution in [0.3, 0.4) is 0 Å². The molecule has 0 spiro atoms. The van der Waals surface area contributed by atoms with Crippen molar-refractivity contribution in [2.75, 3.05) is 7.05 Å². The van der Waals surface area contributed by atoms with Gasteiger partial charge >= 0.3 is 6.18 Å². The summed E-state index contributed by atoms with van der Waals surface area (Å²) in [5.74, 6) is 0. The number of hydrogen-bond acceptors (Lipinski definition) is 2. The molecule has 0 aromatic rings. The Morgan fingerprint density at radius 1 is 1.55 bits per heavy atom. The molecule has 0 unspecified atom stereocenters. The zero-order valence-corrected chi connectivity index (χ0v) is 7.75. The van der Waals surface area contributed by atoms with Crippen LogP contribution in [0.15, 0.2) is 11.8 Å². The van der Waals surface area contributed by atoms with Crippen LogP contribution >= 0.6 is 22.6 Å². The first-order valence-corrected chi connectivity index (χ1v) is 3.66. The normalized spacial score (nSPS) is 13.0. The fourth-order valence-electron chi connectivity index (χ4n) is 0.422. The van der Waals surface area contributed by atoms with Gasteiger partial charge < -0.3 is 5.32 Å². The second kappa shape index (κ2) is 3.93. The summed E-state index contributed by atoms with van der Waals surface area (Å²) >= 11 is 1.49. The summed E-state index contributed by atoms with van der Waals surface area (Å²) in [6.45, 7) is 0. The van der Waals surface area contributed by atoms with E-state index >= 15 is 0 Å². The highest BCUT2D eigenvalue weighted by molar-refractivity contribution is 14.1. The third-order valence-electron chi connectivity index (χ3n) is 0.846. The average Bonchev–Trinajstić information content (AvgIpc) is 1.79. The van der Waals surface area contributed by atoms with Crippen molar-refractivity contribution in [2.24, 2.45) is 0 Å². The summed E-state index contributed by atoms with van der Waals surface area (Å²) in [5.41, 5.74) is -0.906. The lowest BCUT2D eigenvalue weighted by Crippen LogP contribution is -2.23. The van der Waals surface area contributed by atoms with E-state index in [-0.39, 0.29) is 3.72 Å². The molecule has 0 aliphatic rings. The summed E-state index contributed by atoms with van der Waals surface area (Å²) in [4.78, 5) is 0. The minimum atomic E-state index is -4.40. The van der Waals surface area contributed by atoms with E-state index in [4.69, 9.17) is 5.41 Å². The van der Waals surface area contributed by atoms with Crippen LogP contribution in [0.4, 0.5) is 13.2 Å². The molecule has 0 aliphatic heterocycles. The van der Waals surface area contributed by atoms with E-state index in [2.05, 4.69) is 0 Å². The third-order valence-corrected chi connectivity index (χ3v) is 1.16. The van der Waals surface area contributed by atoms with E-state index in [0.29, 0.717) is 0 Å². The molecule has 0 amide bonds. The van der Waals surface area contributed by atoms with E-state index in [9.17, 15) is 13.2 Å². The fourth-order valence-corrected chi connectivity index (χ4v) is 0.734. The van der Waals surface area contributed by atoms with Gasteiger partial charge in [-0.1, -0.05) is 0 Å². The third kappa shape index (κ3) is 4.23. The molecule has 0 radical (unpaired) electrons. The van der Waals surface area contributed by atoms with Gasteiger partial charge in [0.05, 0.1) is 3.72 Å². The molecule has 0 saturated heterocycles. The Kier molecular flexibility index (Phi) is 3.84. The lowest BCUT2D eigenvalue weighted by molar-refractivity contribution is -0.0958. The van der Waals surface area contributed by atoms with Crippen molar-refractivity contribution >= 4 is 26.3 Å². The van der Waals surface area contributed by atoms with Gasteiger partial charge in [0.2, 0.25) is 0 Å². The van der Waals surface area contributed by atoms with E-state index in [1.165, 1.54) is 29.6 Å².